The molecule has 1 N–H and O–H groups in total. The lowest BCUT2D eigenvalue weighted by Gasteiger charge is -2.23. The minimum absolute atomic E-state index is 0.176. The maximum atomic E-state index is 12.7. The lowest BCUT2D eigenvalue weighted by molar-refractivity contribution is -0.167. The van der Waals surface area contributed by atoms with Crippen molar-refractivity contribution in [2.24, 2.45) is 0 Å². The van der Waals surface area contributed by atoms with Crippen LogP contribution in [0.5, 0.6) is 0 Å². The van der Waals surface area contributed by atoms with Crippen LogP contribution in [-0.2, 0) is 4.79 Å². The van der Waals surface area contributed by atoms with E-state index in [9.17, 15) is 13.6 Å². The Kier molecular flexibility index (Phi) is 2.85. The second-order valence-electron chi connectivity index (χ2n) is 3.30. The molecular formula is C8H13F2NO2. The van der Waals surface area contributed by atoms with Crippen LogP contribution in [0.25, 0.3) is 0 Å². The first-order valence-corrected chi connectivity index (χ1v) is 4.32. The summed E-state index contributed by atoms with van der Waals surface area (Å²) in [4.78, 5) is 11.7. The highest BCUT2D eigenvalue weighted by Crippen LogP contribution is 2.29. The van der Waals surface area contributed by atoms with Gasteiger partial charge in [0.25, 0.3) is 0 Å². The first-order chi connectivity index (χ1) is 5.97. The number of hydrogen-bond acceptors (Lipinski definition) is 2. The Labute approximate surface area is 75.3 Å². The summed E-state index contributed by atoms with van der Waals surface area (Å²) in [6.07, 6.45) is 1.81. The number of halogens is 2. The summed E-state index contributed by atoms with van der Waals surface area (Å²) in [5.41, 5.74) is 0. The molecule has 0 unspecified atom stereocenters. The topological polar surface area (TPSA) is 40.5 Å². The Morgan fingerprint density at radius 3 is 2.46 bits per heavy atom. The second-order valence-corrected chi connectivity index (χ2v) is 3.30. The molecule has 1 fully saturated rings. The standard InChI is InChI=1S/C8H13F2NO2/c1-2-11(6-3-4-6)5-8(9,10)7(12)13/h6H,2-5H2,1H3,(H,12,13). The van der Waals surface area contributed by atoms with Crippen molar-refractivity contribution in [1.82, 2.24) is 4.90 Å². The van der Waals surface area contributed by atoms with Crippen LogP contribution in [0.2, 0.25) is 0 Å². The Morgan fingerprint density at radius 2 is 2.15 bits per heavy atom. The van der Waals surface area contributed by atoms with Gasteiger partial charge in [-0.2, -0.15) is 8.78 Å². The molecule has 0 radical (unpaired) electrons. The summed E-state index contributed by atoms with van der Waals surface area (Å²) < 4.78 is 25.5. The summed E-state index contributed by atoms with van der Waals surface area (Å²) in [6, 6.07) is 0.176. The van der Waals surface area contributed by atoms with Crippen molar-refractivity contribution in [2.45, 2.75) is 31.7 Å². The smallest absolute Gasteiger partial charge is 0.375 e. The largest absolute Gasteiger partial charge is 0.477 e. The molecule has 0 spiro atoms. The van der Waals surface area contributed by atoms with Crippen LogP contribution < -0.4 is 0 Å². The van der Waals surface area contributed by atoms with Crippen LogP contribution in [0.15, 0.2) is 0 Å². The molecule has 76 valence electrons. The quantitative estimate of drug-likeness (QED) is 0.713. The molecule has 1 aliphatic rings. The maximum absolute atomic E-state index is 12.7. The average Bonchev–Trinajstić information content (AvgIpc) is 2.82. The molecule has 0 bridgehead atoms. The molecule has 0 atom stereocenters. The molecule has 0 aromatic rings. The van der Waals surface area contributed by atoms with Gasteiger partial charge < -0.3 is 5.11 Å². The number of carbonyl (C=O) groups is 1. The fourth-order valence-electron chi connectivity index (χ4n) is 1.26. The number of carboxylic acid groups (broad SMARTS) is 1. The van der Waals surface area contributed by atoms with Gasteiger partial charge in [-0.3, -0.25) is 4.90 Å². The lowest BCUT2D eigenvalue weighted by Crippen LogP contribution is -2.43. The molecule has 1 rings (SSSR count). The van der Waals surface area contributed by atoms with Gasteiger partial charge >= 0.3 is 11.9 Å². The van der Waals surface area contributed by atoms with Crippen molar-refractivity contribution >= 4 is 5.97 Å². The summed E-state index contributed by atoms with van der Waals surface area (Å²) in [7, 11) is 0. The molecule has 0 aromatic heterocycles. The van der Waals surface area contributed by atoms with Gasteiger partial charge in [0.15, 0.2) is 0 Å². The third-order valence-electron chi connectivity index (χ3n) is 2.18. The summed E-state index contributed by atoms with van der Waals surface area (Å²) in [6.45, 7) is 1.58. The van der Waals surface area contributed by atoms with Gasteiger partial charge in [-0.25, -0.2) is 4.79 Å². The van der Waals surface area contributed by atoms with E-state index in [1.54, 1.807) is 6.92 Å². The molecular weight excluding hydrogens is 180 g/mol. The third-order valence-corrected chi connectivity index (χ3v) is 2.18. The Balaban J connectivity index is 2.48. The average molecular weight is 193 g/mol. The molecule has 0 aliphatic heterocycles. The van der Waals surface area contributed by atoms with Crippen molar-refractivity contribution in [1.29, 1.82) is 0 Å². The van der Waals surface area contributed by atoms with Crippen LogP contribution in [0.1, 0.15) is 19.8 Å². The number of nitrogens with zero attached hydrogens (tertiary/aromatic N) is 1. The van der Waals surface area contributed by atoms with E-state index >= 15 is 0 Å². The van der Waals surface area contributed by atoms with E-state index in [0.29, 0.717) is 6.54 Å². The van der Waals surface area contributed by atoms with E-state index in [-0.39, 0.29) is 6.04 Å². The molecule has 0 aromatic carbocycles. The molecule has 5 heteroatoms. The van der Waals surface area contributed by atoms with Crippen LogP contribution in [0.3, 0.4) is 0 Å². The lowest BCUT2D eigenvalue weighted by atomic mass is 10.3. The molecule has 1 aliphatic carbocycles. The minimum atomic E-state index is -3.61. The van der Waals surface area contributed by atoms with Gasteiger partial charge in [0.1, 0.15) is 0 Å². The third kappa shape index (κ3) is 2.62. The van der Waals surface area contributed by atoms with Crippen LogP contribution >= 0.6 is 0 Å². The van der Waals surface area contributed by atoms with Crippen molar-refractivity contribution in [2.75, 3.05) is 13.1 Å². The normalized spacial score (nSPS) is 17.8. The van der Waals surface area contributed by atoms with Crippen molar-refractivity contribution in [3.05, 3.63) is 0 Å². The van der Waals surface area contributed by atoms with E-state index in [2.05, 4.69) is 0 Å². The summed E-state index contributed by atoms with van der Waals surface area (Å²) in [5.74, 6) is -5.65. The van der Waals surface area contributed by atoms with Gasteiger partial charge in [-0.05, 0) is 19.4 Å². The van der Waals surface area contributed by atoms with Crippen molar-refractivity contribution in [3.63, 3.8) is 0 Å². The highest BCUT2D eigenvalue weighted by molar-refractivity contribution is 5.75. The molecule has 0 saturated heterocycles. The fourth-order valence-corrected chi connectivity index (χ4v) is 1.26. The monoisotopic (exact) mass is 193 g/mol. The van der Waals surface area contributed by atoms with Crippen LogP contribution in [0, 0.1) is 0 Å². The van der Waals surface area contributed by atoms with E-state index in [1.165, 1.54) is 4.90 Å². The van der Waals surface area contributed by atoms with E-state index in [4.69, 9.17) is 5.11 Å². The van der Waals surface area contributed by atoms with Gasteiger partial charge in [0.05, 0.1) is 6.54 Å². The van der Waals surface area contributed by atoms with E-state index in [0.717, 1.165) is 12.8 Å². The summed E-state index contributed by atoms with van der Waals surface area (Å²) >= 11 is 0. The van der Waals surface area contributed by atoms with Crippen molar-refractivity contribution in [3.8, 4) is 0 Å². The van der Waals surface area contributed by atoms with Gasteiger partial charge in [-0.1, -0.05) is 6.92 Å². The molecule has 0 amide bonds. The van der Waals surface area contributed by atoms with Gasteiger partial charge in [0, 0.05) is 6.04 Å². The fraction of sp³-hybridized carbons (Fsp3) is 0.875. The first-order valence-electron chi connectivity index (χ1n) is 4.32. The van der Waals surface area contributed by atoms with Gasteiger partial charge in [0.2, 0.25) is 0 Å². The molecule has 0 heterocycles. The number of alkyl halides is 2. The molecule has 13 heavy (non-hydrogen) atoms. The number of rotatable bonds is 5. The van der Waals surface area contributed by atoms with Gasteiger partial charge in [-0.15, -0.1) is 0 Å². The summed E-state index contributed by atoms with van der Waals surface area (Å²) in [5, 5.41) is 8.21. The maximum Gasteiger partial charge on any atom is 0.375 e. The Morgan fingerprint density at radius 1 is 1.62 bits per heavy atom. The van der Waals surface area contributed by atoms with Crippen LogP contribution in [-0.4, -0.2) is 41.0 Å². The Bertz CT molecular complexity index is 204. The number of aliphatic carboxylic acids is 1. The molecule has 3 nitrogen and oxygen atoms in total. The second kappa shape index (κ2) is 3.57. The SMILES string of the molecule is CCN(CC(F)(F)C(=O)O)C1CC1. The van der Waals surface area contributed by atoms with Crippen LogP contribution in [0.4, 0.5) is 8.78 Å². The van der Waals surface area contributed by atoms with Crippen molar-refractivity contribution < 1.29 is 18.7 Å². The minimum Gasteiger partial charge on any atom is -0.477 e. The van der Waals surface area contributed by atoms with E-state index in [1.807, 2.05) is 0 Å². The zero-order valence-corrected chi connectivity index (χ0v) is 7.46. The predicted octanol–water partition coefficient (Wildman–Crippen LogP) is 1.19. The number of hydrogen-bond donors (Lipinski definition) is 1. The zero-order chi connectivity index (χ0) is 10.1. The highest BCUT2D eigenvalue weighted by Gasteiger charge is 2.43. The first kappa shape index (κ1) is 10.4. The Hall–Kier alpha value is -0.710. The predicted molar refractivity (Wildman–Crippen MR) is 42.9 cm³/mol. The zero-order valence-electron chi connectivity index (χ0n) is 7.46. The number of carboxylic acids is 1. The molecule has 1 saturated carbocycles. The highest BCUT2D eigenvalue weighted by atomic mass is 19.3. The van der Waals surface area contributed by atoms with E-state index < -0.39 is 18.4 Å².